The van der Waals surface area contributed by atoms with Gasteiger partial charge in [0.25, 0.3) is 5.56 Å². The van der Waals surface area contributed by atoms with Crippen LogP contribution in [-0.2, 0) is 0 Å². The first-order valence-corrected chi connectivity index (χ1v) is 14.6. The molecular formula is C31H25N5O2S2. The average Bonchev–Trinajstić information content (AvgIpc) is 3.68. The number of nitrogens with zero attached hydrogens (tertiary/aromatic N) is 5. The molecule has 6 rings (SSSR count). The van der Waals surface area contributed by atoms with Crippen LogP contribution in [0.1, 0.15) is 12.5 Å². The van der Waals surface area contributed by atoms with Gasteiger partial charge in [-0.3, -0.25) is 4.79 Å². The number of hydrogen-bond donors (Lipinski definition) is 0. The van der Waals surface area contributed by atoms with Gasteiger partial charge in [0.15, 0.2) is 5.82 Å². The van der Waals surface area contributed by atoms with Crippen molar-refractivity contribution < 1.29 is 4.74 Å². The molecule has 0 N–H and O–H groups in total. The van der Waals surface area contributed by atoms with Gasteiger partial charge in [-0.05, 0) is 60.4 Å². The molecule has 0 saturated heterocycles. The molecule has 0 atom stereocenters. The van der Waals surface area contributed by atoms with E-state index in [4.69, 9.17) is 9.84 Å². The predicted molar refractivity (Wildman–Crippen MR) is 162 cm³/mol. The second kappa shape index (κ2) is 11.3. The first kappa shape index (κ1) is 25.8. The quantitative estimate of drug-likeness (QED) is 0.161. The van der Waals surface area contributed by atoms with Crippen LogP contribution in [0.3, 0.4) is 0 Å². The van der Waals surface area contributed by atoms with Crippen molar-refractivity contribution in [3.05, 3.63) is 118 Å². The molecule has 0 amide bonds. The highest BCUT2D eigenvalue weighted by Crippen LogP contribution is 2.27. The number of para-hydroxylation sites is 1. The van der Waals surface area contributed by atoms with Crippen molar-refractivity contribution in [2.45, 2.75) is 11.8 Å². The van der Waals surface area contributed by atoms with Crippen LogP contribution in [0.4, 0.5) is 0 Å². The maximum atomic E-state index is 13.4. The van der Waals surface area contributed by atoms with E-state index < -0.39 is 0 Å². The van der Waals surface area contributed by atoms with Gasteiger partial charge in [0.2, 0.25) is 4.96 Å². The molecule has 3 heterocycles. The molecule has 0 spiro atoms. The lowest BCUT2D eigenvalue weighted by molar-refractivity contribution is 0.363. The molecular weight excluding hydrogens is 539 g/mol. The Hall–Kier alpha value is -4.47. The van der Waals surface area contributed by atoms with E-state index in [9.17, 15) is 4.79 Å². The Morgan fingerprint density at radius 1 is 0.975 bits per heavy atom. The minimum absolute atomic E-state index is 0.210. The van der Waals surface area contributed by atoms with E-state index in [1.807, 2.05) is 71.6 Å². The zero-order valence-electron chi connectivity index (χ0n) is 21.7. The van der Waals surface area contributed by atoms with Gasteiger partial charge in [-0.15, -0.1) is 16.9 Å². The van der Waals surface area contributed by atoms with Gasteiger partial charge < -0.3 is 4.74 Å². The summed E-state index contributed by atoms with van der Waals surface area (Å²) in [5, 5.41) is 9.40. The standard InChI is InChI=1S/C31H25N5O2S2/c1-3-18-38-25-14-10-22(11-15-25)29-32-31-36(34-29)30(37)27(40-31)19-23-20-35(24-8-6-5-7-9-24)33-28(23)21-12-16-26(17-13-21)39-4-2/h3,5-17,19-20H,1,4,18H2,2H3. The highest BCUT2D eigenvalue weighted by molar-refractivity contribution is 7.99. The zero-order valence-corrected chi connectivity index (χ0v) is 23.4. The van der Waals surface area contributed by atoms with Crippen LogP contribution in [0, 0.1) is 0 Å². The Kier molecular flexibility index (Phi) is 7.31. The van der Waals surface area contributed by atoms with Crippen LogP contribution in [0.15, 0.2) is 107 Å². The number of aromatic nitrogens is 5. The van der Waals surface area contributed by atoms with Crippen LogP contribution in [0.25, 0.3) is 39.4 Å². The van der Waals surface area contributed by atoms with E-state index in [1.54, 1.807) is 17.8 Å². The van der Waals surface area contributed by atoms with Crippen molar-refractivity contribution in [1.29, 1.82) is 0 Å². The summed E-state index contributed by atoms with van der Waals surface area (Å²) in [7, 11) is 0. The molecule has 0 aliphatic rings. The summed E-state index contributed by atoms with van der Waals surface area (Å²) >= 11 is 3.11. The molecule has 0 fully saturated rings. The summed E-state index contributed by atoms with van der Waals surface area (Å²) in [6.45, 7) is 6.24. The number of thiazole rings is 1. The van der Waals surface area contributed by atoms with Crippen molar-refractivity contribution in [2.75, 3.05) is 12.4 Å². The zero-order chi connectivity index (χ0) is 27.5. The second-order valence-electron chi connectivity index (χ2n) is 8.84. The Balaban J connectivity index is 1.39. The molecule has 0 saturated carbocycles. The van der Waals surface area contributed by atoms with Crippen LogP contribution in [0.5, 0.6) is 5.75 Å². The van der Waals surface area contributed by atoms with Gasteiger partial charge >= 0.3 is 0 Å². The molecule has 0 aliphatic carbocycles. The van der Waals surface area contributed by atoms with E-state index in [-0.39, 0.29) is 5.56 Å². The summed E-state index contributed by atoms with van der Waals surface area (Å²) in [6.07, 6.45) is 5.53. The first-order valence-electron chi connectivity index (χ1n) is 12.8. The SMILES string of the molecule is C=CCOc1ccc(-c2nc3sc(=Cc4cn(-c5ccccc5)nc4-c4ccc(SCC)cc4)c(=O)n3n2)cc1. The Labute approximate surface area is 239 Å². The number of thioether (sulfide) groups is 1. The van der Waals surface area contributed by atoms with E-state index in [2.05, 4.69) is 47.9 Å². The Morgan fingerprint density at radius 2 is 1.73 bits per heavy atom. The van der Waals surface area contributed by atoms with Gasteiger partial charge in [-0.25, -0.2) is 4.68 Å². The van der Waals surface area contributed by atoms with Crippen molar-refractivity contribution in [1.82, 2.24) is 24.4 Å². The topological polar surface area (TPSA) is 74.3 Å². The fourth-order valence-corrected chi connectivity index (χ4v) is 5.82. The highest BCUT2D eigenvalue weighted by atomic mass is 32.2. The molecule has 3 aromatic heterocycles. The molecule has 9 heteroatoms. The fraction of sp³-hybridized carbons (Fsp3) is 0.0968. The second-order valence-corrected chi connectivity index (χ2v) is 11.2. The lowest BCUT2D eigenvalue weighted by atomic mass is 10.1. The van der Waals surface area contributed by atoms with Gasteiger partial charge in [-0.2, -0.15) is 14.6 Å². The maximum Gasteiger partial charge on any atom is 0.291 e. The van der Waals surface area contributed by atoms with E-state index in [0.717, 1.165) is 39.6 Å². The third-order valence-electron chi connectivity index (χ3n) is 6.15. The molecule has 6 aromatic rings. The molecule has 0 bridgehead atoms. The Morgan fingerprint density at radius 3 is 2.42 bits per heavy atom. The maximum absolute atomic E-state index is 13.4. The Bertz CT molecular complexity index is 1890. The van der Waals surface area contributed by atoms with E-state index in [1.165, 1.54) is 20.7 Å². The first-order chi connectivity index (χ1) is 19.6. The van der Waals surface area contributed by atoms with Crippen LogP contribution in [-0.4, -0.2) is 36.7 Å². The summed E-state index contributed by atoms with van der Waals surface area (Å²) < 4.78 is 9.30. The number of rotatable bonds is 9. The average molecular weight is 564 g/mol. The predicted octanol–water partition coefficient (Wildman–Crippen LogP) is 5.90. The van der Waals surface area contributed by atoms with Crippen LogP contribution >= 0.6 is 23.1 Å². The fourth-order valence-electron chi connectivity index (χ4n) is 4.26. The lowest BCUT2D eigenvalue weighted by Gasteiger charge is -2.02. The summed E-state index contributed by atoms with van der Waals surface area (Å²) in [5.74, 6) is 2.24. The van der Waals surface area contributed by atoms with Crippen molar-refractivity contribution in [3.8, 4) is 34.1 Å². The van der Waals surface area contributed by atoms with Gasteiger partial charge in [0.05, 0.1) is 15.9 Å². The summed E-state index contributed by atoms with van der Waals surface area (Å²) in [5.41, 5.74) is 4.17. The molecule has 198 valence electrons. The lowest BCUT2D eigenvalue weighted by Crippen LogP contribution is -2.23. The van der Waals surface area contributed by atoms with Crippen molar-refractivity contribution in [2.24, 2.45) is 0 Å². The smallest absolute Gasteiger partial charge is 0.291 e. The number of benzene rings is 3. The van der Waals surface area contributed by atoms with Gasteiger partial charge in [0.1, 0.15) is 12.4 Å². The van der Waals surface area contributed by atoms with Gasteiger partial charge in [0, 0.05) is 27.8 Å². The molecule has 3 aromatic carbocycles. The number of hydrogen-bond acceptors (Lipinski definition) is 7. The third-order valence-corrected chi connectivity index (χ3v) is 8.00. The minimum atomic E-state index is -0.210. The normalized spacial score (nSPS) is 11.8. The summed E-state index contributed by atoms with van der Waals surface area (Å²) in [4.78, 5) is 19.7. The number of ether oxygens (including phenoxy) is 1. The monoisotopic (exact) mass is 563 g/mol. The number of fused-ring (bicyclic) bond motifs is 1. The molecule has 40 heavy (non-hydrogen) atoms. The van der Waals surface area contributed by atoms with Gasteiger partial charge in [-0.1, -0.05) is 61.2 Å². The molecule has 0 radical (unpaired) electrons. The highest BCUT2D eigenvalue weighted by Gasteiger charge is 2.15. The largest absolute Gasteiger partial charge is 0.490 e. The molecule has 7 nitrogen and oxygen atoms in total. The molecule has 0 aliphatic heterocycles. The van der Waals surface area contributed by atoms with Crippen molar-refractivity contribution >= 4 is 34.1 Å². The molecule has 0 unspecified atom stereocenters. The van der Waals surface area contributed by atoms with Crippen LogP contribution < -0.4 is 14.8 Å². The van der Waals surface area contributed by atoms with E-state index in [0.29, 0.717) is 21.9 Å². The van der Waals surface area contributed by atoms with E-state index >= 15 is 0 Å². The van der Waals surface area contributed by atoms with Crippen LogP contribution in [0.2, 0.25) is 0 Å². The minimum Gasteiger partial charge on any atom is -0.490 e. The third kappa shape index (κ3) is 5.21. The summed E-state index contributed by atoms with van der Waals surface area (Å²) in [6, 6.07) is 25.8. The van der Waals surface area contributed by atoms with Crippen molar-refractivity contribution in [3.63, 3.8) is 0 Å².